The van der Waals surface area contributed by atoms with E-state index in [1.54, 1.807) is 6.07 Å². The van der Waals surface area contributed by atoms with Gasteiger partial charge in [-0.25, -0.2) is 0 Å². The second kappa shape index (κ2) is 7.16. The Hall–Kier alpha value is -1.92. The molecule has 3 aliphatic heterocycles. The highest BCUT2D eigenvalue weighted by Gasteiger charge is 2.55. The van der Waals surface area contributed by atoms with Gasteiger partial charge in [0.1, 0.15) is 5.75 Å². The zero-order chi connectivity index (χ0) is 19.1. The molecule has 1 spiro atoms. The first-order valence-electron chi connectivity index (χ1n) is 10.3. The van der Waals surface area contributed by atoms with Crippen LogP contribution < -0.4 is 0 Å². The van der Waals surface area contributed by atoms with Crippen LogP contribution >= 0.6 is 0 Å². The number of β-amino-alcohol motifs (C(OH)–C–C–N with tert-alkyl or cyclic N) is 1. The Balaban J connectivity index is 1.30. The van der Waals surface area contributed by atoms with Gasteiger partial charge in [0.05, 0.1) is 11.6 Å². The van der Waals surface area contributed by atoms with Crippen molar-refractivity contribution in [2.24, 2.45) is 0 Å². The van der Waals surface area contributed by atoms with Gasteiger partial charge in [-0.1, -0.05) is 48.5 Å². The molecule has 3 saturated heterocycles. The molecule has 148 valence electrons. The van der Waals surface area contributed by atoms with Gasteiger partial charge in [0.15, 0.2) is 0 Å². The Morgan fingerprint density at radius 2 is 1.57 bits per heavy atom. The third kappa shape index (κ3) is 3.33. The number of benzene rings is 2. The van der Waals surface area contributed by atoms with Crippen LogP contribution in [0.2, 0.25) is 0 Å². The minimum Gasteiger partial charge on any atom is -0.508 e. The van der Waals surface area contributed by atoms with Crippen LogP contribution in [0.3, 0.4) is 0 Å². The fourth-order valence-corrected chi connectivity index (χ4v) is 5.54. The van der Waals surface area contributed by atoms with E-state index in [1.165, 1.54) is 5.56 Å². The average Bonchev–Trinajstić information content (AvgIpc) is 3.03. The highest BCUT2D eigenvalue weighted by Crippen LogP contribution is 2.40. The number of likely N-dealkylation sites (tertiary alicyclic amines) is 1. The van der Waals surface area contributed by atoms with Gasteiger partial charge in [0.25, 0.3) is 0 Å². The van der Waals surface area contributed by atoms with Gasteiger partial charge >= 0.3 is 0 Å². The first-order chi connectivity index (χ1) is 13.6. The largest absolute Gasteiger partial charge is 0.508 e. The van der Waals surface area contributed by atoms with Crippen LogP contribution in [0.4, 0.5) is 0 Å². The number of hydrogen-bond donors (Lipinski definition) is 2. The summed E-state index contributed by atoms with van der Waals surface area (Å²) in [5.74, 6) is 0.382. The van der Waals surface area contributed by atoms with Crippen molar-refractivity contribution in [1.29, 1.82) is 0 Å². The van der Waals surface area contributed by atoms with Crippen molar-refractivity contribution < 1.29 is 10.2 Å². The van der Waals surface area contributed by atoms with Crippen molar-refractivity contribution in [2.75, 3.05) is 32.7 Å². The van der Waals surface area contributed by atoms with Crippen molar-refractivity contribution in [3.8, 4) is 5.75 Å². The van der Waals surface area contributed by atoms with Crippen molar-refractivity contribution >= 4 is 0 Å². The summed E-state index contributed by atoms with van der Waals surface area (Å²) < 4.78 is 0. The van der Waals surface area contributed by atoms with Gasteiger partial charge in [-0.15, -0.1) is 0 Å². The zero-order valence-electron chi connectivity index (χ0n) is 16.2. The lowest BCUT2D eigenvalue weighted by molar-refractivity contribution is -0.118. The van der Waals surface area contributed by atoms with E-state index < -0.39 is 0 Å². The molecule has 0 unspecified atom stereocenters. The van der Waals surface area contributed by atoms with E-state index >= 15 is 0 Å². The summed E-state index contributed by atoms with van der Waals surface area (Å²) in [5.41, 5.74) is 2.47. The van der Waals surface area contributed by atoms with Crippen LogP contribution in [0.15, 0.2) is 54.6 Å². The molecular formula is C23H29N3O2. The van der Waals surface area contributed by atoms with Gasteiger partial charge in [-0.2, -0.15) is 0 Å². The molecule has 3 aliphatic rings. The van der Waals surface area contributed by atoms with Crippen LogP contribution in [-0.4, -0.2) is 75.3 Å². The summed E-state index contributed by atoms with van der Waals surface area (Å²) in [5, 5.41) is 20.4. The summed E-state index contributed by atoms with van der Waals surface area (Å²) in [7, 11) is 0. The number of rotatable bonds is 4. The number of piperazine rings is 1. The van der Waals surface area contributed by atoms with Gasteiger partial charge < -0.3 is 10.2 Å². The maximum atomic E-state index is 10.3. The molecule has 3 heterocycles. The smallest absolute Gasteiger partial charge is 0.120 e. The summed E-state index contributed by atoms with van der Waals surface area (Å²) in [6.07, 6.45) is 0.678. The molecule has 2 aromatic rings. The van der Waals surface area contributed by atoms with E-state index in [2.05, 4.69) is 45.0 Å². The van der Waals surface area contributed by atoms with Crippen molar-refractivity contribution in [3.05, 3.63) is 65.7 Å². The first-order valence-corrected chi connectivity index (χ1v) is 10.3. The van der Waals surface area contributed by atoms with Crippen molar-refractivity contribution in [2.45, 2.75) is 37.2 Å². The Bertz CT molecular complexity index is 822. The highest BCUT2D eigenvalue weighted by molar-refractivity contribution is 5.32. The van der Waals surface area contributed by atoms with Crippen LogP contribution in [0.25, 0.3) is 0 Å². The molecule has 28 heavy (non-hydrogen) atoms. The van der Waals surface area contributed by atoms with E-state index in [-0.39, 0.29) is 11.6 Å². The number of aliphatic hydroxyl groups excluding tert-OH is 1. The fraction of sp³-hybridized carbons (Fsp3) is 0.478. The number of aromatic hydroxyl groups is 1. The highest BCUT2D eigenvalue weighted by atomic mass is 16.3. The summed E-state index contributed by atoms with van der Waals surface area (Å²) in [6, 6.07) is 18.8. The summed E-state index contributed by atoms with van der Waals surface area (Å²) >= 11 is 0. The lowest BCUT2D eigenvalue weighted by Gasteiger charge is -2.61. The van der Waals surface area contributed by atoms with Gasteiger partial charge in [0.2, 0.25) is 0 Å². The normalized spacial score (nSPS) is 27.6. The Kier molecular flexibility index (Phi) is 4.63. The second-order valence-corrected chi connectivity index (χ2v) is 8.85. The number of phenolic OH excluding ortho intramolecular Hbond substituents is 1. The predicted octanol–water partition coefficient (Wildman–Crippen LogP) is 1.90. The lowest BCUT2D eigenvalue weighted by Crippen LogP contribution is -2.77. The van der Waals surface area contributed by atoms with Crippen molar-refractivity contribution in [1.82, 2.24) is 14.7 Å². The number of nitrogens with zero attached hydrogens (tertiary/aromatic N) is 3. The average molecular weight is 380 g/mol. The molecule has 0 amide bonds. The molecule has 5 rings (SSSR count). The van der Waals surface area contributed by atoms with E-state index in [1.807, 2.05) is 18.2 Å². The fourth-order valence-electron chi connectivity index (χ4n) is 5.54. The molecule has 0 aliphatic carbocycles. The Morgan fingerprint density at radius 3 is 2.36 bits per heavy atom. The maximum Gasteiger partial charge on any atom is 0.120 e. The third-order valence-electron chi connectivity index (χ3n) is 6.66. The molecule has 0 radical (unpaired) electrons. The summed E-state index contributed by atoms with van der Waals surface area (Å²) in [4.78, 5) is 7.58. The SMILES string of the molecule is Oc1ccccc1CN1CC2(CN(Cc3ccccc3)C[C@@H]3C[C@@H](O)CN32)C1. The molecule has 5 heteroatoms. The zero-order valence-corrected chi connectivity index (χ0v) is 16.2. The molecular weight excluding hydrogens is 350 g/mol. The van der Waals surface area contributed by atoms with Crippen LogP contribution in [-0.2, 0) is 13.1 Å². The van der Waals surface area contributed by atoms with E-state index in [9.17, 15) is 10.2 Å². The monoisotopic (exact) mass is 379 g/mol. The van der Waals surface area contributed by atoms with Crippen molar-refractivity contribution in [3.63, 3.8) is 0 Å². The minimum absolute atomic E-state index is 0.125. The first kappa shape index (κ1) is 18.1. The van der Waals surface area contributed by atoms with Crippen LogP contribution in [0, 0.1) is 0 Å². The number of phenols is 1. The second-order valence-electron chi connectivity index (χ2n) is 8.85. The molecule has 2 atom stereocenters. The lowest BCUT2D eigenvalue weighted by atomic mass is 9.83. The number of hydrogen-bond acceptors (Lipinski definition) is 5. The topological polar surface area (TPSA) is 50.2 Å². The molecule has 0 aromatic heterocycles. The Labute approximate surface area is 166 Å². The molecule has 2 aromatic carbocycles. The van der Waals surface area contributed by atoms with Gasteiger partial charge in [-0.05, 0) is 18.1 Å². The van der Waals surface area contributed by atoms with Gasteiger partial charge in [-0.3, -0.25) is 14.7 Å². The molecule has 3 fully saturated rings. The molecule has 0 bridgehead atoms. The quantitative estimate of drug-likeness (QED) is 0.850. The molecule has 5 nitrogen and oxygen atoms in total. The summed E-state index contributed by atoms with van der Waals surface area (Å²) in [6.45, 7) is 6.63. The minimum atomic E-state index is -0.203. The number of aliphatic hydroxyl groups is 1. The Morgan fingerprint density at radius 1 is 0.857 bits per heavy atom. The van der Waals surface area contributed by atoms with Crippen LogP contribution in [0.1, 0.15) is 17.5 Å². The maximum absolute atomic E-state index is 10.3. The number of fused-ring (bicyclic) bond motifs is 2. The number of para-hydroxylation sites is 1. The van der Waals surface area contributed by atoms with E-state index in [0.29, 0.717) is 11.8 Å². The van der Waals surface area contributed by atoms with Gasteiger partial charge in [0, 0.05) is 57.4 Å². The predicted molar refractivity (Wildman–Crippen MR) is 109 cm³/mol. The molecule has 0 saturated carbocycles. The molecule has 2 N–H and O–H groups in total. The standard InChI is InChI=1S/C23H29N3O2/c27-21-10-20-13-24(11-18-6-2-1-3-7-18)15-23(26(20)14-21)16-25(17-23)12-19-8-4-5-9-22(19)28/h1-9,20-21,27-28H,10-17H2/t20-,21+/m0/s1. The van der Waals surface area contributed by atoms with E-state index in [4.69, 9.17) is 0 Å². The van der Waals surface area contributed by atoms with E-state index in [0.717, 1.165) is 57.8 Å². The third-order valence-corrected chi connectivity index (χ3v) is 6.66. The van der Waals surface area contributed by atoms with Crippen LogP contribution in [0.5, 0.6) is 5.75 Å².